The van der Waals surface area contributed by atoms with E-state index in [4.69, 9.17) is 26.4 Å². The summed E-state index contributed by atoms with van der Waals surface area (Å²) in [5.74, 6) is 1.39. The number of nitrogens with one attached hydrogen (secondary N) is 1. The van der Waals surface area contributed by atoms with Gasteiger partial charge in [0.15, 0.2) is 5.11 Å². The summed E-state index contributed by atoms with van der Waals surface area (Å²) in [5, 5.41) is 14.2. The van der Waals surface area contributed by atoms with Crippen LogP contribution in [0.3, 0.4) is 0 Å². The molecular weight excluding hydrogens is 304 g/mol. The molecule has 0 fully saturated rings. The Labute approximate surface area is 136 Å². The van der Waals surface area contributed by atoms with Crippen LogP contribution >= 0.6 is 12.2 Å². The lowest BCUT2D eigenvalue weighted by atomic mass is 9.95. The topological polar surface area (TPSA) is 63.2 Å². The zero-order valence-electron chi connectivity index (χ0n) is 13.1. The molecule has 0 aromatic heterocycles. The van der Waals surface area contributed by atoms with Gasteiger partial charge in [0.2, 0.25) is 0 Å². The van der Waals surface area contributed by atoms with Gasteiger partial charge in [0.25, 0.3) is 0 Å². The van der Waals surface area contributed by atoms with Crippen LogP contribution in [0.4, 0.5) is 0 Å². The van der Waals surface area contributed by atoms with Crippen LogP contribution in [-0.2, 0) is 11.3 Å². The molecule has 1 atom stereocenters. The summed E-state index contributed by atoms with van der Waals surface area (Å²) in [6.45, 7) is 2.18. The second kappa shape index (κ2) is 7.62. The highest BCUT2D eigenvalue weighted by molar-refractivity contribution is 7.80. The Morgan fingerprint density at radius 2 is 2.00 bits per heavy atom. The van der Waals surface area contributed by atoms with Crippen molar-refractivity contribution in [2.45, 2.75) is 12.6 Å². The average Bonchev–Trinajstić information content (AvgIpc) is 2.53. The molecule has 1 aromatic carbocycles. The van der Waals surface area contributed by atoms with Gasteiger partial charge < -0.3 is 29.5 Å². The van der Waals surface area contributed by atoms with Crippen LogP contribution in [0.25, 0.3) is 0 Å². The maximum absolute atomic E-state index is 10.5. The van der Waals surface area contributed by atoms with Crippen LogP contribution in [0.15, 0.2) is 12.1 Å². The lowest BCUT2D eigenvalue weighted by Crippen LogP contribution is -2.45. The molecule has 0 saturated heterocycles. The van der Waals surface area contributed by atoms with Crippen LogP contribution in [-0.4, -0.2) is 56.1 Å². The van der Waals surface area contributed by atoms with Gasteiger partial charge in [0.05, 0.1) is 27.4 Å². The van der Waals surface area contributed by atoms with Gasteiger partial charge in [-0.15, -0.1) is 0 Å². The largest absolute Gasteiger partial charge is 0.496 e. The first kappa shape index (κ1) is 16.8. The van der Waals surface area contributed by atoms with Crippen LogP contribution < -0.4 is 14.8 Å². The number of nitrogens with zero attached hydrogens (tertiary/aromatic N) is 1. The summed E-state index contributed by atoms with van der Waals surface area (Å²) in [5.41, 5.74) is 1.68. The van der Waals surface area contributed by atoms with Gasteiger partial charge in [-0.25, -0.2) is 0 Å². The Morgan fingerprint density at radius 1 is 1.32 bits per heavy atom. The van der Waals surface area contributed by atoms with E-state index in [9.17, 15) is 5.11 Å². The number of methoxy groups -OCH3 is 3. The van der Waals surface area contributed by atoms with Gasteiger partial charge in [0.1, 0.15) is 17.6 Å². The van der Waals surface area contributed by atoms with Crippen molar-refractivity contribution in [1.29, 1.82) is 0 Å². The number of aliphatic hydroxyl groups is 1. The molecule has 22 heavy (non-hydrogen) atoms. The highest BCUT2D eigenvalue weighted by atomic mass is 32.1. The van der Waals surface area contributed by atoms with E-state index in [-0.39, 0.29) is 0 Å². The number of ether oxygens (including phenoxy) is 3. The number of fused-ring (bicyclic) bond motifs is 1. The Bertz CT molecular complexity index is 539. The third-order valence-electron chi connectivity index (χ3n) is 3.66. The Morgan fingerprint density at radius 3 is 2.64 bits per heavy atom. The van der Waals surface area contributed by atoms with Crippen molar-refractivity contribution in [3.8, 4) is 11.5 Å². The quantitative estimate of drug-likeness (QED) is 0.620. The molecule has 0 amide bonds. The molecule has 0 bridgehead atoms. The van der Waals surface area contributed by atoms with E-state index in [1.807, 2.05) is 17.0 Å². The maximum atomic E-state index is 10.5. The van der Waals surface area contributed by atoms with Gasteiger partial charge in [-0.1, -0.05) is 0 Å². The molecule has 0 aliphatic carbocycles. The number of thiocarbonyl (C=S) groups is 1. The number of rotatable bonds is 5. The van der Waals surface area contributed by atoms with Gasteiger partial charge in [-0.2, -0.15) is 0 Å². The average molecular weight is 326 g/mol. The molecule has 2 N–H and O–H groups in total. The predicted molar refractivity (Wildman–Crippen MR) is 87.4 cm³/mol. The molecule has 7 heteroatoms. The molecule has 122 valence electrons. The Kier molecular flexibility index (Phi) is 5.82. The summed E-state index contributed by atoms with van der Waals surface area (Å²) < 4.78 is 15.8. The highest BCUT2D eigenvalue weighted by Gasteiger charge is 2.30. The first-order chi connectivity index (χ1) is 10.6. The predicted octanol–water partition coefficient (Wildman–Crippen LogP) is 1.07. The van der Waals surface area contributed by atoms with Crippen molar-refractivity contribution >= 4 is 17.3 Å². The van der Waals surface area contributed by atoms with Crippen molar-refractivity contribution in [3.63, 3.8) is 0 Å². The minimum absolute atomic E-state index is 0.412. The minimum atomic E-state index is -0.684. The molecule has 0 unspecified atom stereocenters. The molecule has 0 spiro atoms. The lowest BCUT2D eigenvalue weighted by molar-refractivity contribution is 0.121. The standard InChI is InChI=1S/C15H22N2O4S/c1-19-7-6-16-15(22)17-8-10-12(20-2)4-5-13(21-3)14(10)11(18)9-17/h4-5,11,18H,6-9H2,1-3H3,(H,16,22)/t11-/m1/s1. The normalized spacial score (nSPS) is 16.9. The molecule has 1 aromatic rings. The third kappa shape index (κ3) is 3.43. The molecule has 2 rings (SSSR count). The van der Waals surface area contributed by atoms with Crippen molar-refractivity contribution in [2.24, 2.45) is 0 Å². The fourth-order valence-corrected chi connectivity index (χ4v) is 2.84. The SMILES string of the molecule is COCCNC(=S)N1Cc2c(OC)ccc(OC)c2[C@H](O)C1. The maximum Gasteiger partial charge on any atom is 0.169 e. The van der Waals surface area contributed by atoms with Crippen molar-refractivity contribution in [2.75, 3.05) is 41.0 Å². The van der Waals surface area contributed by atoms with Crippen molar-refractivity contribution in [3.05, 3.63) is 23.3 Å². The molecule has 0 saturated carbocycles. The molecule has 1 heterocycles. The number of benzene rings is 1. The Balaban J connectivity index is 2.23. The van der Waals surface area contributed by atoms with Crippen LogP contribution in [0.5, 0.6) is 11.5 Å². The smallest absolute Gasteiger partial charge is 0.169 e. The van der Waals surface area contributed by atoms with Gasteiger partial charge in [-0.3, -0.25) is 0 Å². The second-order valence-corrected chi connectivity index (χ2v) is 5.37. The minimum Gasteiger partial charge on any atom is -0.496 e. The van der Waals surface area contributed by atoms with Crippen LogP contribution in [0, 0.1) is 0 Å². The summed E-state index contributed by atoms with van der Waals surface area (Å²) in [6.07, 6.45) is -0.684. The number of β-amino-alcohol motifs (C(OH)–C–C–N with tert-alkyl or cyclic N) is 1. The lowest BCUT2D eigenvalue weighted by Gasteiger charge is -2.35. The van der Waals surface area contributed by atoms with Gasteiger partial charge in [0, 0.05) is 31.3 Å². The summed E-state index contributed by atoms with van der Waals surface area (Å²) in [7, 11) is 4.85. The molecule has 0 radical (unpaired) electrons. The molecular formula is C15H22N2O4S. The molecule has 1 aliphatic heterocycles. The first-order valence-corrected chi connectivity index (χ1v) is 7.46. The molecule has 1 aliphatic rings. The number of hydrogen-bond acceptors (Lipinski definition) is 5. The zero-order valence-corrected chi connectivity index (χ0v) is 13.9. The Hall–Kier alpha value is -1.57. The van der Waals surface area contributed by atoms with Crippen LogP contribution in [0.1, 0.15) is 17.2 Å². The first-order valence-electron chi connectivity index (χ1n) is 7.05. The summed E-state index contributed by atoms with van der Waals surface area (Å²) in [4.78, 5) is 1.92. The van der Waals surface area contributed by atoms with Crippen molar-refractivity contribution < 1.29 is 19.3 Å². The third-order valence-corrected chi connectivity index (χ3v) is 4.06. The number of aliphatic hydroxyl groups excluding tert-OH is 1. The van der Waals surface area contributed by atoms with E-state index in [2.05, 4.69) is 5.32 Å². The van der Waals surface area contributed by atoms with E-state index in [1.165, 1.54) is 0 Å². The fraction of sp³-hybridized carbons (Fsp3) is 0.533. The van der Waals surface area contributed by atoms with E-state index in [0.29, 0.717) is 37.1 Å². The summed E-state index contributed by atoms with van der Waals surface area (Å²) >= 11 is 5.39. The fourth-order valence-electron chi connectivity index (χ4n) is 2.60. The van der Waals surface area contributed by atoms with Gasteiger partial charge in [-0.05, 0) is 24.4 Å². The van der Waals surface area contributed by atoms with Crippen molar-refractivity contribution in [1.82, 2.24) is 10.2 Å². The monoisotopic (exact) mass is 326 g/mol. The molecule has 6 nitrogen and oxygen atoms in total. The second-order valence-electron chi connectivity index (χ2n) is 4.98. The van der Waals surface area contributed by atoms with Gasteiger partial charge >= 0.3 is 0 Å². The van der Waals surface area contributed by atoms with Crippen LogP contribution in [0.2, 0.25) is 0 Å². The van der Waals surface area contributed by atoms with E-state index in [1.54, 1.807) is 21.3 Å². The number of hydrogen-bond donors (Lipinski definition) is 2. The van der Waals surface area contributed by atoms with E-state index >= 15 is 0 Å². The van der Waals surface area contributed by atoms with E-state index in [0.717, 1.165) is 16.9 Å². The summed E-state index contributed by atoms with van der Waals surface area (Å²) in [6, 6.07) is 3.65. The van der Waals surface area contributed by atoms with E-state index < -0.39 is 6.10 Å². The highest BCUT2D eigenvalue weighted by Crippen LogP contribution is 2.39. The zero-order chi connectivity index (χ0) is 16.1.